The number of hydrogen-bond donors (Lipinski definition) is 0. The predicted molar refractivity (Wildman–Crippen MR) is 145 cm³/mol. The Morgan fingerprint density at radius 1 is 0.971 bits per heavy atom. The van der Waals surface area contributed by atoms with Crippen LogP contribution in [0.5, 0.6) is 0 Å². The average molecular weight is 487 g/mol. The molecule has 0 unspecified atom stereocenters. The van der Waals surface area contributed by atoms with E-state index in [9.17, 15) is 4.79 Å². The summed E-state index contributed by atoms with van der Waals surface area (Å²) in [4.78, 5) is 19.2. The minimum Gasteiger partial charge on any atom is -0.314 e. The van der Waals surface area contributed by atoms with Crippen LogP contribution in [0.25, 0.3) is 16.9 Å². The Balaban J connectivity index is 1.56. The van der Waals surface area contributed by atoms with Gasteiger partial charge in [-0.15, -0.1) is 11.3 Å². The lowest BCUT2D eigenvalue weighted by Gasteiger charge is -2.22. The molecule has 0 N–H and O–H groups in total. The van der Waals surface area contributed by atoms with Crippen molar-refractivity contribution in [3.63, 3.8) is 0 Å². The van der Waals surface area contributed by atoms with Gasteiger partial charge in [0, 0.05) is 18.5 Å². The van der Waals surface area contributed by atoms with E-state index in [1.807, 2.05) is 49.0 Å². The Kier molecular flexibility index (Phi) is 6.65. The third-order valence-corrected chi connectivity index (χ3v) is 8.11. The molecular weight excluding hydrogens is 452 g/mol. The second kappa shape index (κ2) is 9.86. The minimum absolute atomic E-state index is 0.0988. The highest BCUT2D eigenvalue weighted by molar-refractivity contribution is 7.07. The molecule has 0 bridgehead atoms. The van der Waals surface area contributed by atoms with E-state index in [0.29, 0.717) is 11.6 Å². The summed E-state index contributed by atoms with van der Waals surface area (Å²) in [6.07, 6.45) is 6.69. The first-order chi connectivity index (χ1) is 17.0. The molecule has 1 saturated carbocycles. The van der Waals surface area contributed by atoms with Gasteiger partial charge in [0.2, 0.25) is 0 Å². The molecule has 0 aliphatic heterocycles. The van der Waals surface area contributed by atoms with E-state index < -0.39 is 0 Å². The average Bonchev–Trinajstić information content (AvgIpc) is 3.40. The molecule has 0 spiro atoms. The Morgan fingerprint density at radius 2 is 1.66 bits per heavy atom. The maximum Gasteiger partial charge on any atom is 0.297 e. The molecule has 5 rings (SSSR count). The number of para-hydroxylation sites is 1. The number of rotatable bonds is 5. The monoisotopic (exact) mass is 486 g/mol. The van der Waals surface area contributed by atoms with Crippen molar-refractivity contribution in [2.75, 3.05) is 0 Å². The van der Waals surface area contributed by atoms with Crippen molar-refractivity contribution in [3.05, 3.63) is 86.4 Å². The van der Waals surface area contributed by atoms with Crippen molar-refractivity contribution >= 4 is 17.0 Å². The van der Waals surface area contributed by atoms with Crippen LogP contribution in [0.2, 0.25) is 0 Å². The van der Waals surface area contributed by atoms with Gasteiger partial charge in [-0.05, 0) is 62.8 Å². The second-order valence-electron chi connectivity index (χ2n) is 9.85. The molecule has 2 heterocycles. The van der Waals surface area contributed by atoms with Crippen LogP contribution in [0.3, 0.4) is 0 Å². The molecule has 182 valence electrons. The lowest BCUT2D eigenvalue weighted by Crippen LogP contribution is -2.21. The van der Waals surface area contributed by atoms with Crippen molar-refractivity contribution in [2.45, 2.75) is 64.8 Å². The number of hydrogen-bond acceptors (Lipinski definition) is 3. The Hall–Kier alpha value is -3.12. The zero-order valence-corrected chi connectivity index (χ0v) is 21.9. The van der Waals surface area contributed by atoms with Crippen LogP contribution in [-0.4, -0.2) is 13.9 Å². The molecule has 4 aromatic rings. The summed E-state index contributed by atoms with van der Waals surface area (Å²) in [6, 6.07) is 19.1. The highest BCUT2D eigenvalue weighted by atomic mass is 32.1. The van der Waals surface area contributed by atoms with Crippen molar-refractivity contribution < 1.29 is 0 Å². The summed E-state index contributed by atoms with van der Waals surface area (Å²) in [5.41, 5.74) is 5.89. The van der Waals surface area contributed by atoms with Gasteiger partial charge in [-0.1, -0.05) is 61.7 Å². The third-order valence-electron chi connectivity index (χ3n) is 7.27. The molecule has 2 aromatic carbocycles. The van der Waals surface area contributed by atoms with Gasteiger partial charge in [0.15, 0.2) is 10.5 Å². The second-order valence-corrected chi connectivity index (χ2v) is 10.7. The Labute approximate surface area is 211 Å². The van der Waals surface area contributed by atoms with Crippen molar-refractivity contribution in [3.8, 4) is 16.9 Å². The van der Waals surface area contributed by atoms with Crippen LogP contribution in [0.4, 0.5) is 5.69 Å². The molecule has 0 radical (unpaired) electrons. The molecule has 6 heteroatoms. The van der Waals surface area contributed by atoms with Crippen LogP contribution in [0.1, 0.15) is 69.2 Å². The summed E-state index contributed by atoms with van der Waals surface area (Å²) in [7, 11) is 1.91. The molecule has 0 amide bonds. The number of aromatic nitrogens is 3. The first kappa shape index (κ1) is 23.6. The molecule has 1 aliphatic rings. The summed E-state index contributed by atoms with van der Waals surface area (Å²) in [5, 5.41) is 2.17. The van der Waals surface area contributed by atoms with E-state index in [1.54, 1.807) is 16.0 Å². The van der Waals surface area contributed by atoms with Gasteiger partial charge < -0.3 is 4.57 Å². The van der Waals surface area contributed by atoms with Crippen LogP contribution in [0.15, 0.2) is 69.8 Å². The predicted octanol–water partition coefficient (Wildman–Crippen LogP) is 6.88. The molecule has 5 nitrogen and oxygen atoms in total. The number of nitrogens with zero attached hydrogens (tertiary/aromatic N) is 4. The van der Waals surface area contributed by atoms with Crippen molar-refractivity contribution in [1.29, 1.82) is 0 Å². The van der Waals surface area contributed by atoms with Gasteiger partial charge in [0.05, 0.1) is 17.1 Å². The van der Waals surface area contributed by atoms with E-state index in [1.165, 1.54) is 43.2 Å². The van der Waals surface area contributed by atoms with Gasteiger partial charge in [0.25, 0.3) is 5.56 Å². The standard InChI is InChI=1S/C29H34N4OS/c1-20(2)32-26(24-17-15-23(16-18-24)22-11-7-5-8-12-22)19-35-29(32)30-27-21(3)31(4)33(28(27)34)25-13-9-6-10-14-25/h6,9-10,13-20,22H,5,7-8,11-12H2,1-4H3. The maximum atomic E-state index is 13.4. The van der Waals surface area contributed by atoms with E-state index in [4.69, 9.17) is 4.99 Å². The highest BCUT2D eigenvalue weighted by Gasteiger charge is 2.19. The summed E-state index contributed by atoms with van der Waals surface area (Å²) in [5.74, 6) is 0.705. The SMILES string of the molecule is Cc1c(N=c2scc(-c3ccc(C4CCCCC4)cc3)n2C(C)C)c(=O)n(-c2ccccc2)n1C. The van der Waals surface area contributed by atoms with E-state index in [-0.39, 0.29) is 11.6 Å². The van der Waals surface area contributed by atoms with E-state index >= 15 is 0 Å². The fourth-order valence-corrected chi connectivity index (χ4v) is 6.29. The zero-order valence-electron chi connectivity index (χ0n) is 21.1. The Bertz CT molecular complexity index is 1430. The van der Waals surface area contributed by atoms with Crippen molar-refractivity contribution in [1.82, 2.24) is 13.9 Å². The fourth-order valence-electron chi connectivity index (χ4n) is 5.25. The molecule has 1 aliphatic carbocycles. The number of thiazole rings is 1. The summed E-state index contributed by atoms with van der Waals surface area (Å²) in [6.45, 7) is 6.30. The first-order valence-corrected chi connectivity index (χ1v) is 13.5. The van der Waals surface area contributed by atoms with Gasteiger partial charge in [-0.3, -0.25) is 9.48 Å². The summed E-state index contributed by atoms with van der Waals surface area (Å²) < 4.78 is 5.82. The largest absolute Gasteiger partial charge is 0.314 e. The van der Waals surface area contributed by atoms with E-state index in [0.717, 1.165) is 21.9 Å². The molecule has 2 aromatic heterocycles. The lowest BCUT2D eigenvalue weighted by molar-refractivity contribution is 0.443. The van der Waals surface area contributed by atoms with Gasteiger partial charge in [0.1, 0.15) is 0 Å². The topological polar surface area (TPSA) is 44.2 Å². The molecule has 0 atom stereocenters. The highest BCUT2D eigenvalue weighted by Crippen LogP contribution is 2.34. The van der Waals surface area contributed by atoms with Crippen LogP contribution in [0, 0.1) is 6.92 Å². The summed E-state index contributed by atoms with van der Waals surface area (Å²) >= 11 is 1.59. The minimum atomic E-state index is -0.0988. The van der Waals surface area contributed by atoms with Crippen LogP contribution < -0.4 is 10.4 Å². The van der Waals surface area contributed by atoms with Gasteiger partial charge >= 0.3 is 0 Å². The van der Waals surface area contributed by atoms with Gasteiger partial charge in [-0.25, -0.2) is 9.67 Å². The van der Waals surface area contributed by atoms with E-state index in [2.05, 4.69) is 48.1 Å². The normalized spacial score (nSPS) is 15.3. The van der Waals surface area contributed by atoms with Gasteiger partial charge in [-0.2, -0.15) is 0 Å². The van der Waals surface area contributed by atoms with Crippen LogP contribution >= 0.6 is 11.3 Å². The maximum absolute atomic E-state index is 13.4. The molecule has 0 saturated heterocycles. The first-order valence-electron chi connectivity index (χ1n) is 12.6. The van der Waals surface area contributed by atoms with Crippen molar-refractivity contribution in [2.24, 2.45) is 12.0 Å². The number of benzene rings is 2. The Morgan fingerprint density at radius 3 is 2.31 bits per heavy atom. The smallest absolute Gasteiger partial charge is 0.297 e. The third kappa shape index (κ3) is 4.47. The molecule has 35 heavy (non-hydrogen) atoms. The molecule has 1 fully saturated rings. The molecular formula is C29H34N4OS. The lowest BCUT2D eigenvalue weighted by atomic mass is 9.84. The quantitative estimate of drug-likeness (QED) is 0.303. The van der Waals surface area contributed by atoms with Crippen LogP contribution in [-0.2, 0) is 7.05 Å². The fraction of sp³-hybridized carbons (Fsp3) is 0.379. The zero-order chi connectivity index (χ0) is 24.5.